The van der Waals surface area contributed by atoms with Gasteiger partial charge in [-0.25, -0.2) is 0 Å². The molecule has 4 saturated heterocycles. The molecule has 4 fully saturated rings. The van der Waals surface area contributed by atoms with Gasteiger partial charge in [-0.1, -0.05) is 74.5 Å². The van der Waals surface area contributed by atoms with Gasteiger partial charge in [0.2, 0.25) is 39.3 Å². The van der Waals surface area contributed by atoms with Gasteiger partial charge in [0.05, 0.1) is 6.04 Å². The third kappa shape index (κ3) is 18.8. The van der Waals surface area contributed by atoms with E-state index in [1.165, 1.54) is 6.42 Å². The fourth-order valence-electron chi connectivity index (χ4n) is 8.43. The first-order chi connectivity index (χ1) is 32.2. The summed E-state index contributed by atoms with van der Waals surface area (Å²) in [4.78, 5) is 75.6. The summed E-state index contributed by atoms with van der Waals surface area (Å²) in [5, 5.41) is 10.9. The molecule has 0 saturated carbocycles. The summed E-state index contributed by atoms with van der Waals surface area (Å²) in [6, 6.07) is 22.6. The number of carbonyl (C=O) groups is 6. The number of hydrogen-bond acceptors (Lipinski definition) is 7. The van der Waals surface area contributed by atoms with Crippen molar-refractivity contribution >= 4 is 116 Å². The van der Waals surface area contributed by atoms with E-state index >= 15 is 0 Å². The number of amides is 6. The number of benzene rings is 3. The monoisotopic (exact) mass is 1110 g/mol. The Kier molecular flexibility index (Phi) is 24.7. The number of hydrogen-bond donors (Lipinski definition) is 4. The van der Waals surface area contributed by atoms with Crippen LogP contribution in [0.5, 0.6) is 0 Å². The zero-order chi connectivity index (χ0) is 48.7. The zero-order valence-corrected chi connectivity index (χ0v) is 43.5. The van der Waals surface area contributed by atoms with Crippen molar-refractivity contribution in [3.63, 3.8) is 0 Å². The normalized spacial score (nSPS) is 21.2. The second-order valence-corrected chi connectivity index (χ2v) is 19.6. The molecule has 3 aromatic rings. The molecule has 4 atom stereocenters. The van der Waals surface area contributed by atoms with Crippen LogP contribution in [0.4, 0.5) is 26.7 Å². The molecule has 6 amide bonds. The molecule has 7 rings (SSSR count). The predicted octanol–water partition coefficient (Wildman–Crippen LogP) is 9.07. The maximum absolute atomic E-state index is 12.5. The van der Waals surface area contributed by atoms with Crippen molar-refractivity contribution in [2.45, 2.75) is 122 Å². The molecular weight excluding hydrogens is 1040 g/mol. The van der Waals surface area contributed by atoms with Gasteiger partial charge >= 0.3 is 0 Å². The molecule has 4 aliphatic rings. The van der Waals surface area contributed by atoms with Crippen LogP contribution in [0, 0.1) is 5.92 Å². The fourth-order valence-corrected chi connectivity index (χ4v) is 9.23. The molecule has 0 aliphatic carbocycles. The lowest BCUT2D eigenvalue weighted by molar-refractivity contribution is -0.123. The minimum absolute atomic E-state index is 0.0267. The Balaban J connectivity index is 0.000000197. The first-order valence-corrected chi connectivity index (χ1v) is 25.9. The van der Waals surface area contributed by atoms with Gasteiger partial charge < -0.3 is 36.0 Å². The van der Waals surface area contributed by atoms with E-state index in [4.69, 9.17) is 15.7 Å². The molecule has 3 aromatic carbocycles. The number of nitrogens with zero attached hydrogens (tertiary/aromatic N) is 3. The van der Waals surface area contributed by atoms with Crippen LogP contribution in [0.1, 0.15) is 104 Å². The highest BCUT2D eigenvalue weighted by atomic mass is 79.9. The van der Waals surface area contributed by atoms with Gasteiger partial charge in [0.1, 0.15) is 12.1 Å². The summed E-state index contributed by atoms with van der Waals surface area (Å²) in [5.41, 5.74) is 2.87. The molecule has 4 N–H and O–H groups in total. The second-order valence-electron chi connectivity index (χ2n) is 16.9. The highest BCUT2D eigenvalue weighted by Gasteiger charge is 2.30. The van der Waals surface area contributed by atoms with Crippen LogP contribution in [0.3, 0.4) is 0 Å². The minimum Gasteiger partial charge on any atom is -0.354 e. The van der Waals surface area contributed by atoms with Gasteiger partial charge in [0.25, 0.3) is 0 Å². The average Bonchev–Trinajstić information content (AvgIpc) is 3.78. The van der Waals surface area contributed by atoms with E-state index < -0.39 is 23.7 Å². The highest BCUT2D eigenvalue weighted by Crippen LogP contribution is 2.28. The molecule has 4 heterocycles. The molecule has 4 aliphatic heterocycles. The lowest BCUT2D eigenvalue weighted by Crippen LogP contribution is -2.47. The van der Waals surface area contributed by atoms with E-state index in [0.29, 0.717) is 31.8 Å². The van der Waals surface area contributed by atoms with E-state index in [0.717, 1.165) is 121 Å². The Morgan fingerprint density at radius 1 is 0.552 bits per heavy atom. The van der Waals surface area contributed by atoms with E-state index in [1.54, 1.807) is 4.90 Å². The van der Waals surface area contributed by atoms with Gasteiger partial charge in [-0.2, -0.15) is 0 Å². The standard InChI is InChI=1S/C15H20BrNO.C14H19BrN2O.C13H14BBrN2O2.C7H11BN2O2/c1-2-5-12-6-3-4-11-17(15(12)18)14-9-7-13(16)8-10-14;1-2-16-13-5-3-4-10-17(14(13)18)12-8-6-11(15)7-9-12;14-13(19)16-11-3-1-2-8-17(12(11)18)10-6-4-9(15)5-7-10;8-7(12)10-5-3-1-2-4-9-6(5)11/h7-10,12H,2-6,11H2,1H3;6-9,13,16H,2-5,10H2,1H3;4-7,11H,1-3,8H2,(H,16,19);5H,1-4H2,(H,9,11)(H,10,12). The minimum atomic E-state index is -0.656. The fraction of sp³-hybridized carbons (Fsp3) is 0.510. The van der Waals surface area contributed by atoms with Crippen LogP contribution in [-0.4, -0.2) is 102 Å². The van der Waals surface area contributed by atoms with Gasteiger partial charge in [0, 0.05) is 62.6 Å². The number of halogens is 3. The average molecular weight is 1110 g/mol. The maximum Gasteiger partial charge on any atom is 0.249 e. The summed E-state index contributed by atoms with van der Waals surface area (Å²) < 4.78 is 3.06. The summed E-state index contributed by atoms with van der Waals surface area (Å²) >= 11 is 10.2. The number of likely N-dealkylation sites (N-methyl/N-ethyl adjacent to an activating group) is 1. The van der Waals surface area contributed by atoms with Crippen LogP contribution in [0.2, 0.25) is 0 Å². The molecule has 0 aromatic heterocycles. The Bertz CT molecular complexity index is 1970. The van der Waals surface area contributed by atoms with Crippen LogP contribution in [0.15, 0.2) is 86.2 Å². The highest BCUT2D eigenvalue weighted by molar-refractivity contribution is 9.11. The van der Waals surface area contributed by atoms with Crippen LogP contribution in [0.25, 0.3) is 0 Å². The lowest BCUT2D eigenvalue weighted by atomic mass is 9.97. The first-order valence-electron chi connectivity index (χ1n) is 23.6. The van der Waals surface area contributed by atoms with Crippen molar-refractivity contribution in [3.05, 3.63) is 86.2 Å². The van der Waals surface area contributed by atoms with Crippen molar-refractivity contribution in [1.29, 1.82) is 0 Å². The predicted molar refractivity (Wildman–Crippen MR) is 280 cm³/mol. The molecule has 4 radical (unpaired) electrons. The smallest absolute Gasteiger partial charge is 0.249 e. The number of rotatable bonds is 9. The Hall–Kier alpha value is -3.99. The van der Waals surface area contributed by atoms with Crippen LogP contribution in [-0.2, 0) is 19.2 Å². The molecule has 0 spiro atoms. The molecule has 67 heavy (non-hydrogen) atoms. The summed E-state index contributed by atoms with van der Waals surface area (Å²) in [7, 11) is 10.0. The Morgan fingerprint density at radius 3 is 1.39 bits per heavy atom. The van der Waals surface area contributed by atoms with E-state index in [9.17, 15) is 28.8 Å². The molecule has 4 unspecified atom stereocenters. The Morgan fingerprint density at radius 2 is 0.940 bits per heavy atom. The van der Waals surface area contributed by atoms with Crippen molar-refractivity contribution in [3.8, 4) is 0 Å². The quantitative estimate of drug-likeness (QED) is 0.156. The SMILES string of the molecule is CCCC1CCCCN(c2ccc(Br)cc2)C1=O.CCNC1CCCCN(c2ccc(Br)cc2)C1=O.[B]C(=O)NC1CCCCN(c2ccc(Br)cc2)C1=O.[B]C(=O)NC1CCCCNC1=O. The van der Waals surface area contributed by atoms with Crippen molar-refractivity contribution < 1.29 is 28.8 Å². The molecule has 358 valence electrons. The van der Waals surface area contributed by atoms with Crippen LogP contribution >= 0.6 is 47.8 Å². The molecule has 13 nitrogen and oxygen atoms in total. The molecule has 0 bridgehead atoms. The van der Waals surface area contributed by atoms with Crippen molar-refractivity contribution in [2.75, 3.05) is 47.4 Å². The molecule has 18 heteroatoms. The van der Waals surface area contributed by atoms with Crippen molar-refractivity contribution in [1.82, 2.24) is 21.3 Å². The summed E-state index contributed by atoms with van der Waals surface area (Å²) in [6.07, 6.45) is 13.6. The second kappa shape index (κ2) is 29.8. The number of nitrogens with one attached hydrogen (secondary N) is 4. The maximum atomic E-state index is 12.5. The zero-order valence-electron chi connectivity index (χ0n) is 38.8. The third-order valence-electron chi connectivity index (χ3n) is 11.8. The number of carbonyl (C=O) groups excluding carboxylic acids is 6. The van der Waals surface area contributed by atoms with E-state index in [-0.39, 0.29) is 29.7 Å². The largest absolute Gasteiger partial charge is 0.354 e. The molecular formula is C49H64B2Br3N7O6. The topological polar surface area (TPSA) is 160 Å². The summed E-state index contributed by atoms with van der Waals surface area (Å²) in [6.45, 7) is 8.07. The van der Waals surface area contributed by atoms with Crippen LogP contribution < -0.4 is 36.0 Å². The van der Waals surface area contributed by atoms with E-state index in [1.807, 2.05) is 89.5 Å². The first kappa shape index (κ1) is 55.6. The third-order valence-corrected chi connectivity index (χ3v) is 13.4. The summed E-state index contributed by atoms with van der Waals surface area (Å²) in [5.74, 6) is -0.785. The van der Waals surface area contributed by atoms with Gasteiger partial charge in [-0.05, 0) is 156 Å². The van der Waals surface area contributed by atoms with Gasteiger partial charge in [-0.15, -0.1) is 0 Å². The van der Waals surface area contributed by atoms with Gasteiger partial charge in [-0.3, -0.25) is 28.8 Å². The Labute approximate surface area is 424 Å². The number of anilines is 3. The lowest BCUT2D eigenvalue weighted by Gasteiger charge is -2.25. The van der Waals surface area contributed by atoms with Crippen molar-refractivity contribution in [2.24, 2.45) is 5.92 Å². The van der Waals surface area contributed by atoms with E-state index in [2.05, 4.69) is 76.0 Å². The van der Waals surface area contributed by atoms with Gasteiger partial charge in [0.15, 0.2) is 11.6 Å².